The number of hydrogen-bond donors (Lipinski definition) is 0. The lowest BCUT2D eigenvalue weighted by atomic mass is 10.2. The molecular weight excluding hydrogens is 224 g/mol. The number of esters is 1. The summed E-state index contributed by atoms with van der Waals surface area (Å²) in [5.74, 6) is -0.529. The van der Waals surface area contributed by atoms with Crippen LogP contribution in [0, 0.1) is 0 Å². The number of benzene rings is 1. The Labute approximate surface area is 96.2 Å². The predicted octanol–water partition coefficient (Wildman–Crippen LogP) is -0.247. The fourth-order valence-corrected chi connectivity index (χ4v) is 1.41. The van der Waals surface area contributed by atoms with E-state index in [-0.39, 0.29) is 5.56 Å². The van der Waals surface area contributed by atoms with Gasteiger partial charge >= 0.3 is 11.7 Å². The first-order chi connectivity index (χ1) is 8.15. The fourth-order valence-electron chi connectivity index (χ4n) is 1.41. The molecule has 2 rings (SSSR count). The highest BCUT2D eigenvalue weighted by molar-refractivity contribution is 5.93. The smallest absolute Gasteiger partial charge is 0.368 e. The molecule has 1 aromatic carbocycles. The van der Waals surface area contributed by atoms with E-state index in [9.17, 15) is 9.59 Å². The van der Waals surface area contributed by atoms with Gasteiger partial charge in [-0.05, 0) is 22.6 Å². The van der Waals surface area contributed by atoms with Crippen LogP contribution in [0.3, 0.4) is 0 Å². The standard InChI is InChI=1S/C10H10N4O3/c1-13-10(16)14(12-11-13)8-6-4-3-5-7(8)9(15)17-2/h3-6H,1-2H3. The van der Waals surface area contributed by atoms with E-state index < -0.39 is 11.7 Å². The van der Waals surface area contributed by atoms with Crippen molar-refractivity contribution in [3.05, 3.63) is 40.3 Å². The van der Waals surface area contributed by atoms with Gasteiger partial charge < -0.3 is 4.74 Å². The molecule has 0 fully saturated rings. The van der Waals surface area contributed by atoms with E-state index in [4.69, 9.17) is 0 Å². The van der Waals surface area contributed by atoms with Crippen molar-refractivity contribution in [2.45, 2.75) is 0 Å². The highest BCUT2D eigenvalue weighted by atomic mass is 16.5. The van der Waals surface area contributed by atoms with Crippen molar-refractivity contribution in [2.75, 3.05) is 7.11 Å². The largest absolute Gasteiger partial charge is 0.465 e. The van der Waals surface area contributed by atoms with Crippen molar-refractivity contribution < 1.29 is 9.53 Å². The Kier molecular flexibility index (Phi) is 2.73. The van der Waals surface area contributed by atoms with Crippen LogP contribution in [-0.4, -0.2) is 32.9 Å². The molecule has 0 aliphatic heterocycles. The van der Waals surface area contributed by atoms with E-state index in [2.05, 4.69) is 15.2 Å². The molecule has 2 aromatic rings. The number of hydrogen-bond acceptors (Lipinski definition) is 5. The van der Waals surface area contributed by atoms with E-state index >= 15 is 0 Å². The van der Waals surface area contributed by atoms with Crippen molar-refractivity contribution in [1.82, 2.24) is 19.8 Å². The minimum Gasteiger partial charge on any atom is -0.465 e. The van der Waals surface area contributed by atoms with Crippen LogP contribution in [0.2, 0.25) is 0 Å². The second-order valence-electron chi connectivity index (χ2n) is 3.31. The van der Waals surface area contributed by atoms with E-state index in [0.717, 1.165) is 9.36 Å². The summed E-state index contributed by atoms with van der Waals surface area (Å²) >= 11 is 0. The van der Waals surface area contributed by atoms with Crippen LogP contribution in [0.5, 0.6) is 0 Å². The second-order valence-corrected chi connectivity index (χ2v) is 3.31. The van der Waals surface area contributed by atoms with Gasteiger partial charge in [0.15, 0.2) is 0 Å². The molecule has 0 unspecified atom stereocenters. The van der Waals surface area contributed by atoms with Gasteiger partial charge in [0.25, 0.3) is 0 Å². The number of carbonyl (C=O) groups excluding carboxylic acids is 1. The fraction of sp³-hybridized carbons (Fsp3) is 0.200. The van der Waals surface area contributed by atoms with Gasteiger partial charge in [0.1, 0.15) is 0 Å². The number of tetrazole rings is 1. The average molecular weight is 234 g/mol. The third kappa shape index (κ3) is 1.82. The van der Waals surface area contributed by atoms with Crippen molar-refractivity contribution in [3.8, 4) is 5.69 Å². The maximum Gasteiger partial charge on any atom is 0.368 e. The summed E-state index contributed by atoms with van der Waals surface area (Å²) in [5.41, 5.74) is 0.177. The SMILES string of the molecule is COC(=O)c1ccccc1-n1nnn(C)c1=O. The van der Waals surface area contributed by atoms with E-state index in [1.165, 1.54) is 14.2 Å². The molecule has 0 radical (unpaired) electrons. The summed E-state index contributed by atoms with van der Waals surface area (Å²) in [5, 5.41) is 7.26. The average Bonchev–Trinajstić information content (AvgIpc) is 2.69. The summed E-state index contributed by atoms with van der Waals surface area (Å²) < 4.78 is 6.76. The van der Waals surface area contributed by atoms with E-state index in [1.807, 2.05) is 0 Å². The maximum absolute atomic E-state index is 11.7. The number of nitrogens with zero attached hydrogens (tertiary/aromatic N) is 4. The summed E-state index contributed by atoms with van der Waals surface area (Å²) in [6.45, 7) is 0. The molecule has 0 atom stereocenters. The van der Waals surface area contributed by atoms with Gasteiger partial charge in [-0.3, -0.25) is 0 Å². The minimum absolute atomic E-state index is 0.262. The molecule has 0 N–H and O–H groups in total. The lowest BCUT2D eigenvalue weighted by Crippen LogP contribution is -2.23. The van der Waals surface area contributed by atoms with Gasteiger partial charge in [0.2, 0.25) is 0 Å². The third-order valence-corrected chi connectivity index (χ3v) is 2.26. The molecule has 7 heteroatoms. The zero-order chi connectivity index (χ0) is 12.4. The van der Waals surface area contributed by atoms with E-state index in [1.54, 1.807) is 24.3 Å². The number of para-hydroxylation sites is 1. The number of carbonyl (C=O) groups is 1. The van der Waals surface area contributed by atoms with Crippen molar-refractivity contribution >= 4 is 5.97 Å². The zero-order valence-corrected chi connectivity index (χ0v) is 9.32. The Morgan fingerprint density at radius 1 is 1.29 bits per heavy atom. The van der Waals surface area contributed by atoms with Crippen LogP contribution in [0.25, 0.3) is 5.69 Å². The number of aryl methyl sites for hydroxylation is 1. The van der Waals surface area contributed by atoms with Crippen molar-refractivity contribution in [3.63, 3.8) is 0 Å². The molecule has 17 heavy (non-hydrogen) atoms. The summed E-state index contributed by atoms with van der Waals surface area (Å²) in [6, 6.07) is 6.53. The normalized spacial score (nSPS) is 10.2. The first-order valence-corrected chi connectivity index (χ1v) is 4.82. The molecule has 0 amide bonds. The molecule has 1 aromatic heterocycles. The van der Waals surface area contributed by atoms with Gasteiger partial charge in [-0.2, -0.15) is 9.36 Å². The first-order valence-electron chi connectivity index (χ1n) is 4.82. The zero-order valence-electron chi connectivity index (χ0n) is 9.32. The molecule has 0 aliphatic rings. The van der Waals surface area contributed by atoms with E-state index in [0.29, 0.717) is 5.69 Å². The van der Waals surface area contributed by atoms with Crippen LogP contribution >= 0.6 is 0 Å². The van der Waals surface area contributed by atoms with Crippen LogP contribution in [0.1, 0.15) is 10.4 Å². The highest BCUT2D eigenvalue weighted by Crippen LogP contribution is 2.12. The quantitative estimate of drug-likeness (QED) is 0.669. The molecule has 7 nitrogen and oxygen atoms in total. The molecular formula is C10H10N4O3. The van der Waals surface area contributed by atoms with Crippen molar-refractivity contribution in [1.29, 1.82) is 0 Å². The Bertz CT molecular complexity index is 614. The Morgan fingerprint density at radius 3 is 2.59 bits per heavy atom. The molecule has 0 spiro atoms. The predicted molar refractivity (Wildman–Crippen MR) is 57.9 cm³/mol. The lowest BCUT2D eigenvalue weighted by molar-refractivity contribution is 0.0600. The van der Waals surface area contributed by atoms with Gasteiger partial charge in [-0.25, -0.2) is 9.59 Å². The molecule has 1 heterocycles. The third-order valence-electron chi connectivity index (χ3n) is 2.26. The van der Waals surface area contributed by atoms with Gasteiger partial charge in [0, 0.05) is 7.05 Å². The van der Waals surface area contributed by atoms with Gasteiger partial charge in [0.05, 0.1) is 18.4 Å². The topological polar surface area (TPSA) is 79.0 Å². The highest BCUT2D eigenvalue weighted by Gasteiger charge is 2.15. The molecule has 88 valence electrons. The number of aromatic nitrogens is 4. The van der Waals surface area contributed by atoms with Gasteiger partial charge in [-0.1, -0.05) is 12.1 Å². The number of ether oxygens (including phenoxy) is 1. The van der Waals surface area contributed by atoms with Crippen LogP contribution in [0.4, 0.5) is 0 Å². The Morgan fingerprint density at radius 2 is 2.00 bits per heavy atom. The number of rotatable bonds is 2. The lowest BCUT2D eigenvalue weighted by Gasteiger charge is -2.05. The van der Waals surface area contributed by atoms with Crippen LogP contribution < -0.4 is 5.69 Å². The van der Waals surface area contributed by atoms with Crippen LogP contribution in [-0.2, 0) is 11.8 Å². The first kappa shape index (κ1) is 11.1. The molecule has 0 saturated carbocycles. The summed E-state index contributed by atoms with van der Waals surface area (Å²) in [6.07, 6.45) is 0. The Hall–Kier alpha value is -2.44. The minimum atomic E-state index is -0.529. The molecule has 0 aliphatic carbocycles. The summed E-state index contributed by atoms with van der Waals surface area (Å²) in [4.78, 5) is 23.2. The monoisotopic (exact) mass is 234 g/mol. The second kappa shape index (κ2) is 4.20. The van der Waals surface area contributed by atoms with Crippen LogP contribution in [0.15, 0.2) is 29.1 Å². The van der Waals surface area contributed by atoms with Crippen molar-refractivity contribution in [2.24, 2.45) is 7.05 Å². The number of methoxy groups -OCH3 is 1. The molecule has 0 bridgehead atoms. The molecule has 0 saturated heterocycles. The van der Waals surface area contributed by atoms with Gasteiger partial charge in [-0.15, -0.1) is 0 Å². The Balaban J connectivity index is 2.64. The maximum atomic E-state index is 11.7. The summed E-state index contributed by atoms with van der Waals surface area (Å²) in [7, 11) is 2.76.